The van der Waals surface area contributed by atoms with Gasteiger partial charge in [-0.15, -0.1) is 0 Å². The van der Waals surface area contributed by atoms with E-state index >= 15 is 0 Å². The molecule has 0 radical (unpaired) electrons. The van der Waals surface area contributed by atoms with Crippen molar-refractivity contribution in [1.82, 2.24) is 4.98 Å². The number of nitro groups is 1. The highest BCUT2D eigenvalue weighted by Gasteiger charge is 2.16. The second-order valence-electron chi connectivity index (χ2n) is 5.17. The molecule has 114 valence electrons. The largest absolute Gasteiger partial charge is 0.490 e. The Labute approximate surface area is 127 Å². The molecule has 0 saturated heterocycles. The highest BCUT2D eigenvalue weighted by atomic mass is 16.6. The molecule has 1 aromatic carbocycles. The summed E-state index contributed by atoms with van der Waals surface area (Å²) in [5, 5.41) is 10.7. The Morgan fingerprint density at radius 2 is 2.05 bits per heavy atom. The first-order chi connectivity index (χ1) is 10.4. The summed E-state index contributed by atoms with van der Waals surface area (Å²) >= 11 is 0. The normalized spacial score (nSPS) is 10.5. The van der Waals surface area contributed by atoms with Gasteiger partial charge in [0.05, 0.1) is 22.3 Å². The second kappa shape index (κ2) is 6.34. The molecule has 6 nitrogen and oxygen atoms in total. The highest BCUT2D eigenvalue weighted by molar-refractivity contribution is 5.86. The van der Waals surface area contributed by atoms with Crippen LogP contribution in [0.25, 0.3) is 11.3 Å². The molecule has 0 aliphatic rings. The van der Waals surface area contributed by atoms with Crippen LogP contribution in [-0.2, 0) is 0 Å². The standard InChI is InChI=1S/C16H16N2O4/c1-10(2)22-16-12(9-19)6-11(3)7-14(16)15-5-4-13(8-17-15)18(20)21/h4-10H,1-3H3. The molecule has 0 N–H and O–H groups in total. The fraction of sp³-hybridized carbons (Fsp3) is 0.250. The van der Waals surface area contributed by atoms with Gasteiger partial charge in [-0.3, -0.25) is 14.9 Å². The zero-order valence-corrected chi connectivity index (χ0v) is 12.6. The Morgan fingerprint density at radius 1 is 1.32 bits per heavy atom. The van der Waals surface area contributed by atoms with E-state index < -0.39 is 4.92 Å². The summed E-state index contributed by atoms with van der Waals surface area (Å²) < 4.78 is 5.75. The van der Waals surface area contributed by atoms with Gasteiger partial charge < -0.3 is 4.74 Å². The molecule has 1 heterocycles. The summed E-state index contributed by atoms with van der Waals surface area (Å²) in [6, 6.07) is 6.51. The van der Waals surface area contributed by atoms with Crippen LogP contribution in [0, 0.1) is 17.0 Å². The average Bonchev–Trinajstić information content (AvgIpc) is 2.48. The van der Waals surface area contributed by atoms with Crippen LogP contribution in [0.5, 0.6) is 5.75 Å². The number of nitrogens with zero attached hydrogens (tertiary/aromatic N) is 2. The zero-order chi connectivity index (χ0) is 16.3. The molecule has 0 fully saturated rings. The lowest BCUT2D eigenvalue weighted by Gasteiger charge is -2.16. The molecule has 0 unspecified atom stereocenters. The molecule has 0 amide bonds. The van der Waals surface area contributed by atoms with Crippen molar-refractivity contribution in [3.05, 3.63) is 51.7 Å². The Bertz CT molecular complexity index is 709. The summed E-state index contributed by atoms with van der Waals surface area (Å²) in [6.07, 6.45) is 1.81. The topological polar surface area (TPSA) is 82.3 Å². The Hall–Kier alpha value is -2.76. The molecule has 0 bridgehead atoms. The first kappa shape index (κ1) is 15.6. The van der Waals surface area contributed by atoms with E-state index in [-0.39, 0.29) is 11.8 Å². The van der Waals surface area contributed by atoms with Crippen molar-refractivity contribution >= 4 is 12.0 Å². The van der Waals surface area contributed by atoms with Gasteiger partial charge in [-0.2, -0.15) is 0 Å². The number of ether oxygens (including phenoxy) is 1. The summed E-state index contributed by atoms with van der Waals surface area (Å²) in [6.45, 7) is 5.59. The van der Waals surface area contributed by atoms with Gasteiger partial charge in [0.2, 0.25) is 0 Å². The van der Waals surface area contributed by atoms with E-state index in [0.29, 0.717) is 22.6 Å². The van der Waals surface area contributed by atoms with E-state index in [0.717, 1.165) is 11.8 Å². The van der Waals surface area contributed by atoms with E-state index in [1.807, 2.05) is 26.8 Å². The van der Waals surface area contributed by atoms with Crippen LogP contribution in [0.15, 0.2) is 30.5 Å². The smallest absolute Gasteiger partial charge is 0.287 e. The van der Waals surface area contributed by atoms with Gasteiger partial charge in [0.1, 0.15) is 11.9 Å². The SMILES string of the molecule is Cc1cc(C=O)c(OC(C)C)c(-c2ccc([N+](=O)[O-])cn2)c1. The monoisotopic (exact) mass is 300 g/mol. The summed E-state index contributed by atoms with van der Waals surface area (Å²) in [5.74, 6) is 0.442. The van der Waals surface area contributed by atoms with E-state index in [1.165, 1.54) is 12.3 Å². The summed E-state index contributed by atoms with van der Waals surface area (Å²) in [7, 11) is 0. The number of carbonyl (C=O) groups is 1. The lowest BCUT2D eigenvalue weighted by atomic mass is 10.0. The van der Waals surface area contributed by atoms with E-state index in [9.17, 15) is 14.9 Å². The van der Waals surface area contributed by atoms with Crippen molar-refractivity contribution < 1.29 is 14.5 Å². The molecule has 0 aliphatic heterocycles. The molecule has 6 heteroatoms. The minimum atomic E-state index is -0.505. The Kier molecular flexibility index (Phi) is 4.50. The fourth-order valence-corrected chi connectivity index (χ4v) is 2.10. The van der Waals surface area contributed by atoms with Gasteiger partial charge in [0.25, 0.3) is 5.69 Å². The molecule has 2 rings (SSSR count). The molecule has 0 spiro atoms. The quantitative estimate of drug-likeness (QED) is 0.479. The highest BCUT2D eigenvalue weighted by Crippen LogP contribution is 2.34. The van der Waals surface area contributed by atoms with E-state index in [4.69, 9.17) is 4.74 Å². The third-order valence-electron chi connectivity index (χ3n) is 2.98. The van der Waals surface area contributed by atoms with Gasteiger partial charge >= 0.3 is 0 Å². The van der Waals surface area contributed by atoms with E-state index in [2.05, 4.69) is 4.98 Å². The van der Waals surface area contributed by atoms with Crippen LogP contribution in [0.3, 0.4) is 0 Å². The molecule has 0 aliphatic carbocycles. The van der Waals surface area contributed by atoms with Crippen molar-refractivity contribution in [3.8, 4) is 17.0 Å². The Balaban J connectivity index is 2.59. The first-order valence-electron chi connectivity index (χ1n) is 6.79. The van der Waals surface area contributed by atoms with Gasteiger partial charge in [-0.1, -0.05) is 0 Å². The zero-order valence-electron chi connectivity index (χ0n) is 12.6. The number of hydrogen-bond donors (Lipinski definition) is 0. The maximum absolute atomic E-state index is 11.3. The van der Waals surface area contributed by atoms with Crippen molar-refractivity contribution in [1.29, 1.82) is 0 Å². The third kappa shape index (κ3) is 3.28. The maximum atomic E-state index is 11.3. The summed E-state index contributed by atoms with van der Waals surface area (Å²) in [5.41, 5.74) is 2.40. The minimum Gasteiger partial charge on any atom is -0.490 e. The minimum absolute atomic E-state index is 0.0849. The number of rotatable bonds is 5. The maximum Gasteiger partial charge on any atom is 0.287 e. The molecular weight excluding hydrogens is 284 g/mol. The van der Waals surface area contributed by atoms with Crippen LogP contribution in [0.2, 0.25) is 0 Å². The van der Waals surface area contributed by atoms with Gasteiger partial charge in [0, 0.05) is 11.6 Å². The van der Waals surface area contributed by atoms with Crippen LogP contribution in [0.4, 0.5) is 5.69 Å². The van der Waals surface area contributed by atoms with Crippen LogP contribution in [0.1, 0.15) is 29.8 Å². The lowest BCUT2D eigenvalue weighted by Crippen LogP contribution is -2.09. The Morgan fingerprint density at radius 3 is 2.55 bits per heavy atom. The molecule has 1 aromatic heterocycles. The number of hydrogen-bond acceptors (Lipinski definition) is 5. The first-order valence-corrected chi connectivity index (χ1v) is 6.79. The molecular formula is C16H16N2O4. The van der Waals surface area contributed by atoms with Crippen LogP contribution in [-0.4, -0.2) is 22.3 Å². The molecule has 0 saturated carbocycles. The lowest BCUT2D eigenvalue weighted by molar-refractivity contribution is -0.385. The number of aryl methyl sites for hydroxylation is 1. The van der Waals surface area contributed by atoms with Crippen molar-refractivity contribution in [2.45, 2.75) is 26.9 Å². The number of benzene rings is 1. The number of pyridine rings is 1. The predicted molar refractivity (Wildman–Crippen MR) is 82.2 cm³/mol. The van der Waals surface area contributed by atoms with Crippen LogP contribution >= 0.6 is 0 Å². The second-order valence-corrected chi connectivity index (χ2v) is 5.17. The van der Waals surface area contributed by atoms with Crippen molar-refractivity contribution in [2.75, 3.05) is 0 Å². The average molecular weight is 300 g/mol. The number of aldehydes is 1. The van der Waals surface area contributed by atoms with E-state index in [1.54, 1.807) is 12.1 Å². The fourth-order valence-electron chi connectivity index (χ4n) is 2.10. The third-order valence-corrected chi connectivity index (χ3v) is 2.98. The van der Waals surface area contributed by atoms with Gasteiger partial charge in [-0.25, -0.2) is 4.98 Å². The van der Waals surface area contributed by atoms with Gasteiger partial charge in [0.15, 0.2) is 6.29 Å². The van der Waals surface area contributed by atoms with Crippen molar-refractivity contribution in [3.63, 3.8) is 0 Å². The van der Waals surface area contributed by atoms with Crippen molar-refractivity contribution in [2.24, 2.45) is 0 Å². The number of aromatic nitrogens is 1. The number of carbonyl (C=O) groups excluding carboxylic acids is 1. The molecule has 2 aromatic rings. The predicted octanol–water partition coefficient (Wildman–Crippen LogP) is 3.56. The molecule has 0 atom stereocenters. The summed E-state index contributed by atoms with van der Waals surface area (Å²) in [4.78, 5) is 25.6. The van der Waals surface area contributed by atoms with Crippen LogP contribution < -0.4 is 4.74 Å². The van der Waals surface area contributed by atoms with Gasteiger partial charge in [-0.05, 0) is 44.5 Å². The molecule has 22 heavy (non-hydrogen) atoms.